The van der Waals surface area contributed by atoms with Crippen LogP contribution in [-0.4, -0.2) is 40.3 Å². The molecule has 2 aromatic heterocycles. The predicted molar refractivity (Wildman–Crippen MR) is 96.7 cm³/mol. The van der Waals surface area contributed by atoms with Gasteiger partial charge in [0.2, 0.25) is 0 Å². The molecule has 0 unspecified atom stereocenters. The van der Waals surface area contributed by atoms with Crippen molar-refractivity contribution in [1.82, 2.24) is 9.55 Å². The largest absolute Gasteiger partial charge is 0.380 e. The number of halogens is 1. The van der Waals surface area contributed by atoms with Gasteiger partial charge in [-0.3, -0.25) is 9.69 Å². The first-order valence-corrected chi connectivity index (χ1v) is 9.44. The highest BCUT2D eigenvalue weighted by Gasteiger charge is 2.44. The number of hydrogen-bond acceptors (Lipinski definition) is 4. The van der Waals surface area contributed by atoms with E-state index in [0.717, 1.165) is 19.4 Å². The molecule has 2 aliphatic heterocycles. The smallest absolute Gasteiger partial charge is 0.276 e. The molecule has 1 aliphatic carbocycles. The number of aryl methyl sites for hydroxylation is 1. The SMILES string of the molecule is O=C1c2cc3c(n2CCN1c1nccc(Cl)c1C1(O)COC1)CCCC3. The maximum absolute atomic E-state index is 13.2. The molecule has 1 fully saturated rings. The fourth-order valence-corrected chi connectivity index (χ4v) is 4.66. The maximum atomic E-state index is 13.2. The molecule has 0 saturated carbocycles. The standard InChI is InChI=1S/C19H20ClN3O3/c20-13-5-6-21-17(16(13)19(25)10-26-11-19)23-8-7-22-14-4-2-1-3-12(14)9-15(22)18(23)24/h5-6,9,25H,1-4,7-8,10-11H2. The molecular formula is C19H20ClN3O3. The van der Waals surface area contributed by atoms with E-state index in [4.69, 9.17) is 16.3 Å². The summed E-state index contributed by atoms with van der Waals surface area (Å²) in [5.74, 6) is 0.365. The number of anilines is 1. The van der Waals surface area contributed by atoms with Crippen molar-refractivity contribution >= 4 is 23.3 Å². The third-order valence-electron chi connectivity index (χ3n) is 5.70. The van der Waals surface area contributed by atoms with Crippen molar-refractivity contribution in [2.45, 2.75) is 37.8 Å². The second-order valence-electron chi connectivity index (χ2n) is 7.33. The lowest BCUT2D eigenvalue weighted by Gasteiger charge is -2.40. The fourth-order valence-electron chi connectivity index (χ4n) is 4.34. The van der Waals surface area contributed by atoms with Gasteiger partial charge < -0.3 is 14.4 Å². The van der Waals surface area contributed by atoms with Crippen LogP contribution >= 0.6 is 11.6 Å². The van der Waals surface area contributed by atoms with Gasteiger partial charge in [-0.2, -0.15) is 0 Å². The summed E-state index contributed by atoms with van der Waals surface area (Å²) in [4.78, 5) is 19.3. The van der Waals surface area contributed by atoms with E-state index in [0.29, 0.717) is 28.6 Å². The molecule has 0 radical (unpaired) electrons. The van der Waals surface area contributed by atoms with Gasteiger partial charge in [-0.25, -0.2) is 4.98 Å². The van der Waals surface area contributed by atoms with Crippen molar-refractivity contribution in [2.75, 3.05) is 24.7 Å². The molecule has 3 aliphatic rings. The van der Waals surface area contributed by atoms with Crippen molar-refractivity contribution in [2.24, 2.45) is 0 Å². The summed E-state index contributed by atoms with van der Waals surface area (Å²) in [6, 6.07) is 3.68. The summed E-state index contributed by atoms with van der Waals surface area (Å²) in [7, 11) is 0. The summed E-state index contributed by atoms with van der Waals surface area (Å²) >= 11 is 6.38. The zero-order valence-corrected chi connectivity index (χ0v) is 15.1. The van der Waals surface area contributed by atoms with Crippen molar-refractivity contribution < 1.29 is 14.6 Å². The third-order valence-corrected chi connectivity index (χ3v) is 6.02. The van der Waals surface area contributed by atoms with E-state index in [9.17, 15) is 9.90 Å². The molecule has 1 N–H and O–H groups in total. The molecule has 26 heavy (non-hydrogen) atoms. The lowest BCUT2D eigenvalue weighted by atomic mass is 9.92. The lowest BCUT2D eigenvalue weighted by molar-refractivity contribution is -0.184. The van der Waals surface area contributed by atoms with E-state index in [1.54, 1.807) is 17.2 Å². The Morgan fingerprint density at radius 1 is 1.23 bits per heavy atom. The molecule has 0 aromatic carbocycles. The van der Waals surface area contributed by atoms with E-state index < -0.39 is 5.60 Å². The molecule has 6 nitrogen and oxygen atoms in total. The molecule has 5 rings (SSSR count). The minimum Gasteiger partial charge on any atom is -0.380 e. The monoisotopic (exact) mass is 373 g/mol. The van der Waals surface area contributed by atoms with Crippen LogP contribution in [0.2, 0.25) is 5.02 Å². The van der Waals surface area contributed by atoms with Gasteiger partial charge in [0.1, 0.15) is 17.1 Å². The summed E-state index contributed by atoms with van der Waals surface area (Å²) in [5.41, 5.74) is 2.63. The van der Waals surface area contributed by atoms with Gasteiger partial charge in [0, 0.05) is 30.5 Å². The predicted octanol–water partition coefficient (Wildman–Crippen LogP) is 2.29. The average molecular weight is 374 g/mol. The van der Waals surface area contributed by atoms with Crippen LogP contribution in [0.3, 0.4) is 0 Å². The van der Waals surface area contributed by atoms with E-state index in [-0.39, 0.29) is 19.1 Å². The maximum Gasteiger partial charge on any atom is 0.276 e. The Morgan fingerprint density at radius 2 is 2.04 bits per heavy atom. The van der Waals surface area contributed by atoms with Crippen LogP contribution in [0.5, 0.6) is 0 Å². The molecule has 2 aromatic rings. The minimum absolute atomic E-state index is 0.0782. The topological polar surface area (TPSA) is 67.6 Å². The highest BCUT2D eigenvalue weighted by Crippen LogP contribution is 2.40. The first-order valence-electron chi connectivity index (χ1n) is 9.07. The number of carbonyl (C=O) groups is 1. The number of aliphatic hydroxyl groups is 1. The Hall–Kier alpha value is -1.89. The van der Waals surface area contributed by atoms with Crippen LogP contribution in [0.15, 0.2) is 18.3 Å². The Bertz CT molecular complexity index is 904. The van der Waals surface area contributed by atoms with Gasteiger partial charge in [-0.15, -0.1) is 0 Å². The second kappa shape index (κ2) is 5.81. The number of hydrogen-bond donors (Lipinski definition) is 1. The number of ether oxygens (including phenoxy) is 1. The first-order chi connectivity index (χ1) is 12.6. The van der Waals surface area contributed by atoms with E-state index in [1.165, 1.54) is 24.1 Å². The Kier molecular flexibility index (Phi) is 3.64. The van der Waals surface area contributed by atoms with Crippen LogP contribution in [0, 0.1) is 0 Å². The minimum atomic E-state index is -1.18. The average Bonchev–Trinajstić information content (AvgIpc) is 3.00. The second-order valence-corrected chi connectivity index (χ2v) is 7.74. The number of carbonyl (C=O) groups excluding carboxylic acids is 1. The summed E-state index contributed by atoms with van der Waals surface area (Å²) in [5, 5.41) is 11.2. The zero-order chi connectivity index (χ0) is 17.9. The van der Waals surface area contributed by atoms with Crippen LogP contribution < -0.4 is 4.90 Å². The van der Waals surface area contributed by atoms with Crippen molar-refractivity contribution in [3.8, 4) is 0 Å². The first kappa shape index (κ1) is 16.3. The van der Waals surface area contributed by atoms with Crippen molar-refractivity contribution in [1.29, 1.82) is 0 Å². The molecule has 0 atom stereocenters. The number of aromatic nitrogens is 2. The molecule has 1 amide bonds. The van der Waals surface area contributed by atoms with E-state index in [2.05, 4.69) is 9.55 Å². The summed E-state index contributed by atoms with van der Waals surface area (Å²) < 4.78 is 7.35. The van der Waals surface area contributed by atoms with Crippen LogP contribution in [-0.2, 0) is 29.7 Å². The molecule has 7 heteroatoms. The van der Waals surface area contributed by atoms with Gasteiger partial charge in [-0.1, -0.05) is 11.6 Å². The van der Waals surface area contributed by atoms with Crippen molar-refractivity contribution in [3.63, 3.8) is 0 Å². The van der Waals surface area contributed by atoms with Gasteiger partial charge in [-0.05, 0) is 43.4 Å². The van der Waals surface area contributed by atoms with Crippen LogP contribution in [0.1, 0.15) is 40.2 Å². The molecule has 136 valence electrons. The Balaban J connectivity index is 1.58. The summed E-state index contributed by atoms with van der Waals surface area (Å²) in [6.07, 6.45) is 6.03. The molecule has 0 spiro atoms. The molecular weight excluding hydrogens is 354 g/mol. The number of nitrogens with zero attached hydrogens (tertiary/aromatic N) is 3. The normalized spacial score (nSPS) is 21.2. The van der Waals surface area contributed by atoms with Gasteiger partial charge in [0.15, 0.2) is 0 Å². The lowest BCUT2D eigenvalue weighted by Crippen LogP contribution is -2.49. The fraction of sp³-hybridized carbons (Fsp3) is 0.474. The number of rotatable bonds is 2. The molecule has 0 bridgehead atoms. The highest BCUT2D eigenvalue weighted by atomic mass is 35.5. The number of amides is 1. The Labute approximate surface area is 156 Å². The van der Waals surface area contributed by atoms with Crippen LogP contribution in [0.25, 0.3) is 0 Å². The van der Waals surface area contributed by atoms with Gasteiger partial charge in [0.25, 0.3) is 5.91 Å². The quantitative estimate of drug-likeness (QED) is 0.877. The van der Waals surface area contributed by atoms with Crippen molar-refractivity contribution in [3.05, 3.63) is 45.9 Å². The molecule has 1 saturated heterocycles. The Morgan fingerprint density at radius 3 is 2.81 bits per heavy atom. The van der Waals surface area contributed by atoms with E-state index in [1.807, 2.05) is 6.07 Å². The third kappa shape index (κ3) is 2.25. The van der Waals surface area contributed by atoms with Gasteiger partial charge in [0.05, 0.1) is 18.2 Å². The van der Waals surface area contributed by atoms with Gasteiger partial charge >= 0.3 is 0 Å². The van der Waals surface area contributed by atoms with E-state index >= 15 is 0 Å². The number of pyridine rings is 1. The summed E-state index contributed by atoms with van der Waals surface area (Å²) in [6.45, 7) is 1.58. The van der Waals surface area contributed by atoms with Crippen LogP contribution in [0.4, 0.5) is 5.82 Å². The highest BCUT2D eigenvalue weighted by molar-refractivity contribution is 6.32. The number of fused-ring (bicyclic) bond motifs is 3. The molecule has 4 heterocycles. The zero-order valence-electron chi connectivity index (χ0n) is 14.4.